The molecule has 0 aliphatic heterocycles. The van der Waals surface area contributed by atoms with Gasteiger partial charge in [-0.2, -0.15) is 0 Å². The average Bonchev–Trinajstić information content (AvgIpc) is 3.12. The van der Waals surface area contributed by atoms with Gasteiger partial charge in [-0.15, -0.1) is 0 Å². The summed E-state index contributed by atoms with van der Waals surface area (Å²) in [6, 6.07) is 11.9. The van der Waals surface area contributed by atoms with Gasteiger partial charge in [0, 0.05) is 17.6 Å². The molecule has 0 spiro atoms. The number of carboxylic acids is 1. The maximum atomic E-state index is 11.0. The molecule has 0 fully saturated rings. The van der Waals surface area contributed by atoms with Gasteiger partial charge < -0.3 is 30.4 Å². The minimum absolute atomic E-state index is 0.167. The van der Waals surface area contributed by atoms with Crippen LogP contribution in [0.1, 0.15) is 31.1 Å². The summed E-state index contributed by atoms with van der Waals surface area (Å²) < 4.78 is 5.54. The molecule has 0 radical (unpaired) electrons. The number of aromatic amines is 1. The summed E-state index contributed by atoms with van der Waals surface area (Å²) in [6.45, 7) is 4.06. The first-order valence-electron chi connectivity index (χ1n) is 9.55. The molecule has 1 aromatic heterocycles. The van der Waals surface area contributed by atoms with E-state index < -0.39 is 18.2 Å². The van der Waals surface area contributed by atoms with Crippen LogP contribution < -0.4 is 10.1 Å². The fraction of sp³-hybridized carbons (Fsp3) is 0.318. The lowest BCUT2D eigenvalue weighted by Gasteiger charge is -2.20. The number of aromatic nitrogens is 1. The number of hydrogen-bond acceptors (Lipinski definition) is 5. The van der Waals surface area contributed by atoms with Crippen LogP contribution in [0.25, 0.3) is 10.9 Å². The number of rotatable bonds is 9. The highest BCUT2D eigenvalue weighted by molar-refractivity contribution is 5.88. The summed E-state index contributed by atoms with van der Waals surface area (Å²) in [5.41, 5.74) is 2.59. The molecule has 0 unspecified atom stereocenters. The number of para-hydroxylation sites is 1. The topological polar surface area (TPSA) is 115 Å². The van der Waals surface area contributed by atoms with Crippen LogP contribution >= 0.6 is 0 Å². The number of aliphatic hydroxyl groups is 1. The zero-order valence-corrected chi connectivity index (χ0v) is 16.4. The highest BCUT2D eigenvalue weighted by atomic mass is 16.5. The number of aliphatic carboxylic acids is 1. The molecule has 2 aromatic carbocycles. The molecular weight excluding hydrogens is 372 g/mol. The van der Waals surface area contributed by atoms with E-state index in [-0.39, 0.29) is 11.8 Å². The second kappa shape index (κ2) is 8.98. The van der Waals surface area contributed by atoms with E-state index in [0.29, 0.717) is 12.3 Å². The van der Waals surface area contributed by atoms with Gasteiger partial charge >= 0.3 is 5.97 Å². The molecule has 3 atom stereocenters. The smallest absolute Gasteiger partial charge is 0.344 e. The third kappa shape index (κ3) is 4.88. The Morgan fingerprint density at radius 1 is 1.17 bits per heavy atom. The van der Waals surface area contributed by atoms with Crippen molar-refractivity contribution in [2.45, 2.75) is 38.5 Å². The predicted octanol–water partition coefficient (Wildman–Crippen LogP) is 2.98. The van der Waals surface area contributed by atoms with Gasteiger partial charge in [0.25, 0.3) is 0 Å². The minimum atomic E-state index is -1.01. The fourth-order valence-electron chi connectivity index (χ4n) is 3.24. The Kier molecular flexibility index (Phi) is 6.41. The van der Waals surface area contributed by atoms with Crippen LogP contribution in [0.5, 0.6) is 11.5 Å². The van der Waals surface area contributed by atoms with Crippen molar-refractivity contribution >= 4 is 16.9 Å². The van der Waals surface area contributed by atoms with Crippen LogP contribution in [0.2, 0.25) is 0 Å². The van der Waals surface area contributed by atoms with Gasteiger partial charge in [0.15, 0.2) is 6.10 Å². The van der Waals surface area contributed by atoms with Crippen LogP contribution in [0.3, 0.4) is 0 Å². The zero-order chi connectivity index (χ0) is 21.0. The summed E-state index contributed by atoms with van der Waals surface area (Å²) in [6.07, 6.45) is 1.00. The number of ether oxygens (including phenoxy) is 1. The highest BCUT2D eigenvalue weighted by Gasteiger charge is 2.17. The number of benzene rings is 2. The van der Waals surface area contributed by atoms with Crippen LogP contribution in [-0.4, -0.2) is 45.0 Å². The third-order valence-corrected chi connectivity index (χ3v) is 4.98. The first-order chi connectivity index (χ1) is 13.9. The fourth-order valence-corrected chi connectivity index (χ4v) is 3.24. The number of phenols is 1. The van der Waals surface area contributed by atoms with E-state index in [1.54, 1.807) is 30.3 Å². The van der Waals surface area contributed by atoms with Gasteiger partial charge in [-0.05, 0) is 56.1 Å². The van der Waals surface area contributed by atoms with Gasteiger partial charge in [-0.3, -0.25) is 0 Å². The molecule has 0 aliphatic rings. The third-order valence-electron chi connectivity index (χ3n) is 4.98. The summed E-state index contributed by atoms with van der Waals surface area (Å²) in [5.74, 6) is -0.339. The molecule has 7 nitrogen and oxygen atoms in total. The predicted molar refractivity (Wildman–Crippen MR) is 110 cm³/mol. The van der Waals surface area contributed by atoms with Crippen molar-refractivity contribution in [3.05, 3.63) is 59.8 Å². The van der Waals surface area contributed by atoms with E-state index in [2.05, 4.69) is 10.3 Å². The first-order valence-corrected chi connectivity index (χ1v) is 9.55. The molecule has 7 heteroatoms. The SMILES string of the molecule is C[C@H](Oc1cccc2c(CCN[C@@H](C)[C@H](O)c3ccc(O)cc3)c[nH]c12)C(=O)O. The zero-order valence-electron chi connectivity index (χ0n) is 16.4. The first kappa shape index (κ1) is 20.7. The van der Waals surface area contributed by atoms with Gasteiger partial charge in [0.05, 0.1) is 11.6 Å². The van der Waals surface area contributed by atoms with Crippen molar-refractivity contribution in [1.82, 2.24) is 10.3 Å². The standard InChI is InChI=1S/C22H26N2O5/c1-13(21(26)15-6-8-17(25)9-7-15)23-11-10-16-12-24-20-18(16)4-3-5-19(20)29-14(2)22(27)28/h3-9,12-14,21,23-26H,10-11H2,1-2H3,(H,27,28)/t13-,14-,21-/m0/s1. The number of nitrogens with one attached hydrogen (secondary N) is 2. The van der Waals surface area contributed by atoms with E-state index >= 15 is 0 Å². The quantitative estimate of drug-likeness (QED) is 0.379. The van der Waals surface area contributed by atoms with Crippen LogP contribution in [-0.2, 0) is 11.2 Å². The second-order valence-electron chi connectivity index (χ2n) is 7.12. The Balaban J connectivity index is 1.62. The van der Waals surface area contributed by atoms with Gasteiger partial charge in [0.1, 0.15) is 11.5 Å². The van der Waals surface area contributed by atoms with Crippen molar-refractivity contribution in [2.24, 2.45) is 0 Å². The lowest BCUT2D eigenvalue weighted by atomic mass is 10.0. The maximum Gasteiger partial charge on any atom is 0.344 e. The number of fused-ring (bicyclic) bond motifs is 1. The molecule has 3 aromatic rings. The van der Waals surface area contributed by atoms with Gasteiger partial charge in [-0.1, -0.05) is 24.3 Å². The average molecular weight is 398 g/mol. The molecule has 0 aliphatic carbocycles. The van der Waals surface area contributed by atoms with Crippen LogP contribution in [0.15, 0.2) is 48.7 Å². The van der Waals surface area contributed by atoms with Crippen molar-refractivity contribution < 1.29 is 24.9 Å². The second-order valence-corrected chi connectivity index (χ2v) is 7.12. The lowest BCUT2D eigenvalue weighted by Crippen LogP contribution is -2.33. The molecule has 0 saturated carbocycles. The molecule has 0 amide bonds. The lowest BCUT2D eigenvalue weighted by molar-refractivity contribution is -0.144. The molecular formula is C22H26N2O5. The van der Waals surface area contributed by atoms with Crippen molar-refractivity contribution in [1.29, 1.82) is 0 Å². The Hall–Kier alpha value is -3.03. The number of H-pyrrole nitrogens is 1. The number of carbonyl (C=O) groups is 1. The van der Waals surface area contributed by atoms with Crippen LogP contribution in [0, 0.1) is 0 Å². The largest absolute Gasteiger partial charge is 0.508 e. The number of hydrogen-bond donors (Lipinski definition) is 5. The summed E-state index contributed by atoms with van der Waals surface area (Å²) >= 11 is 0. The molecule has 0 bridgehead atoms. The number of aliphatic hydroxyl groups excluding tert-OH is 1. The molecule has 1 heterocycles. The summed E-state index contributed by atoms with van der Waals surface area (Å²) in [7, 11) is 0. The Morgan fingerprint density at radius 2 is 1.90 bits per heavy atom. The number of phenolic OH excluding ortho intramolecular Hbond substituents is 1. The van der Waals surface area contributed by atoms with E-state index in [0.717, 1.165) is 28.5 Å². The Morgan fingerprint density at radius 3 is 2.59 bits per heavy atom. The van der Waals surface area contributed by atoms with Gasteiger partial charge in [0.2, 0.25) is 0 Å². The van der Waals surface area contributed by atoms with Crippen LogP contribution in [0.4, 0.5) is 0 Å². The Bertz CT molecular complexity index is 967. The Labute approximate surface area is 169 Å². The van der Waals surface area contributed by atoms with E-state index in [9.17, 15) is 15.0 Å². The van der Waals surface area contributed by atoms with E-state index in [1.165, 1.54) is 6.92 Å². The molecule has 5 N–H and O–H groups in total. The van der Waals surface area contributed by atoms with Crippen molar-refractivity contribution in [3.63, 3.8) is 0 Å². The number of aromatic hydroxyl groups is 1. The normalized spacial score (nSPS) is 14.4. The highest BCUT2D eigenvalue weighted by Crippen LogP contribution is 2.28. The molecule has 3 rings (SSSR count). The summed E-state index contributed by atoms with van der Waals surface area (Å²) in [5, 5.41) is 33.2. The van der Waals surface area contributed by atoms with Gasteiger partial charge in [-0.25, -0.2) is 4.79 Å². The van der Waals surface area contributed by atoms with E-state index in [1.807, 2.05) is 25.3 Å². The molecule has 29 heavy (non-hydrogen) atoms. The van der Waals surface area contributed by atoms with Crippen molar-refractivity contribution in [3.8, 4) is 11.5 Å². The summed E-state index contributed by atoms with van der Waals surface area (Å²) in [4.78, 5) is 14.2. The van der Waals surface area contributed by atoms with E-state index in [4.69, 9.17) is 9.84 Å². The number of carboxylic acid groups (broad SMARTS) is 1. The minimum Gasteiger partial charge on any atom is -0.508 e. The van der Waals surface area contributed by atoms with Crippen molar-refractivity contribution in [2.75, 3.05) is 6.54 Å². The monoisotopic (exact) mass is 398 g/mol. The molecule has 0 saturated heterocycles. The molecule has 154 valence electrons. The maximum absolute atomic E-state index is 11.0.